The number of para-hydroxylation sites is 1. The van der Waals surface area contributed by atoms with Crippen molar-refractivity contribution in [2.75, 3.05) is 10.6 Å². The Hall–Kier alpha value is -3.11. The Kier molecular flexibility index (Phi) is 4.67. The topological polar surface area (TPSA) is 49.8 Å². The summed E-state index contributed by atoms with van der Waals surface area (Å²) in [5.74, 6) is 1.32. The largest absolute Gasteiger partial charge is 0.365 e. The van der Waals surface area contributed by atoms with Gasteiger partial charge in [-0.15, -0.1) is 0 Å². The van der Waals surface area contributed by atoms with E-state index in [-0.39, 0.29) is 0 Å². The van der Waals surface area contributed by atoms with Gasteiger partial charge in [0.1, 0.15) is 5.82 Å². The maximum atomic E-state index is 6.06. The van der Waals surface area contributed by atoms with Crippen molar-refractivity contribution in [2.24, 2.45) is 0 Å². The highest BCUT2D eigenvalue weighted by Crippen LogP contribution is 2.25. The summed E-state index contributed by atoms with van der Waals surface area (Å²) in [6.07, 6.45) is 0. The minimum atomic E-state index is 0.529. The third-order valence-electron chi connectivity index (χ3n) is 3.99. The number of hydrogen-bond donors (Lipinski definition) is 2. The Balaban J connectivity index is 1.66. The molecule has 0 aliphatic carbocycles. The van der Waals surface area contributed by atoms with Crippen molar-refractivity contribution in [3.05, 3.63) is 89.4 Å². The van der Waals surface area contributed by atoms with Crippen LogP contribution < -0.4 is 10.6 Å². The lowest BCUT2D eigenvalue weighted by Crippen LogP contribution is -2.05. The van der Waals surface area contributed by atoms with E-state index >= 15 is 0 Å². The first kappa shape index (κ1) is 16.4. The predicted octanol–water partition coefficient (Wildman–Crippen LogP) is 5.64. The molecule has 3 aromatic carbocycles. The van der Waals surface area contributed by atoms with Crippen LogP contribution in [0.3, 0.4) is 0 Å². The number of hydrogen-bond acceptors (Lipinski definition) is 4. The molecule has 4 aromatic rings. The van der Waals surface area contributed by atoms with Gasteiger partial charge in [-0.1, -0.05) is 60.1 Å². The van der Waals surface area contributed by atoms with Crippen molar-refractivity contribution in [3.8, 4) is 0 Å². The molecule has 0 spiro atoms. The standard InChI is InChI=1S/C21H17ClN4/c22-16-9-6-10-17(13-16)24-21-25-19-12-5-4-11-18(19)20(26-21)23-14-15-7-2-1-3-8-15/h1-13H,14H2,(H2,23,24,25,26). The lowest BCUT2D eigenvalue weighted by molar-refractivity contribution is 1.10. The highest BCUT2D eigenvalue weighted by atomic mass is 35.5. The highest BCUT2D eigenvalue weighted by Gasteiger charge is 2.08. The van der Waals surface area contributed by atoms with E-state index in [1.807, 2.05) is 66.7 Å². The Morgan fingerprint density at radius 2 is 1.62 bits per heavy atom. The molecule has 0 bridgehead atoms. The highest BCUT2D eigenvalue weighted by molar-refractivity contribution is 6.30. The van der Waals surface area contributed by atoms with Gasteiger partial charge in [0.05, 0.1) is 5.52 Å². The smallest absolute Gasteiger partial charge is 0.229 e. The summed E-state index contributed by atoms with van der Waals surface area (Å²) in [6.45, 7) is 0.693. The molecule has 2 N–H and O–H groups in total. The van der Waals surface area contributed by atoms with Crippen LogP contribution in [0.1, 0.15) is 5.56 Å². The number of nitrogens with zero attached hydrogens (tertiary/aromatic N) is 2. The van der Waals surface area contributed by atoms with E-state index in [4.69, 9.17) is 11.6 Å². The van der Waals surface area contributed by atoms with Crippen LogP contribution in [0.25, 0.3) is 10.9 Å². The fourth-order valence-electron chi connectivity index (χ4n) is 2.74. The second kappa shape index (κ2) is 7.42. The van der Waals surface area contributed by atoms with E-state index in [1.165, 1.54) is 5.56 Å². The number of halogens is 1. The number of benzene rings is 3. The van der Waals surface area contributed by atoms with E-state index < -0.39 is 0 Å². The Bertz CT molecular complexity index is 1030. The molecule has 0 fully saturated rings. The molecule has 4 rings (SSSR count). The van der Waals surface area contributed by atoms with Gasteiger partial charge in [0, 0.05) is 22.6 Å². The summed E-state index contributed by atoms with van der Waals surface area (Å²) < 4.78 is 0. The molecular formula is C21H17ClN4. The zero-order valence-electron chi connectivity index (χ0n) is 14.0. The molecule has 0 unspecified atom stereocenters. The van der Waals surface area contributed by atoms with Crippen LogP contribution in [0, 0.1) is 0 Å². The minimum absolute atomic E-state index is 0.529. The van der Waals surface area contributed by atoms with Gasteiger partial charge < -0.3 is 10.6 Å². The van der Waals surface area contributed by atoms with Crippen LogP contribution in [0.15, 0.2) is 78.9 Å². The van der Waals surface area contributed by atoms with Gasteiger partial charge >= 0.3 is 0 Å². The summed E-state index contributed by atoms with van der Waals surface area (Å²) in [7, 11) is 0. The third kappa shape index (κ3) is 3.76. The predicted molar refractivity (Wildman–Crippen MR) is 108 cm³/mol. The normalized spacial score (nSPS) is 10.7. The number of fused-ring (bicyclic) bond motifs is 1. The van der Waals surface area contributed by atoms with Gasteiger partial charge in [-0.05, 0) is 35.9 Å². The molecule has 128 valence electrons. The van der Waals surface area contributed by atoms with Crippen LogP contribution in [-0.4, -0.2) is 9.97 Å². The van der Waals surface area contributed by atoms with Gasteiger partial charge in [0.2, 0.25) is 5.95 Å². The zero-order chi connectivity index (χ0) is 17.8. The summed E-state index contributed by atoms with van der Waals surface area (Å²) in [5.41, 5.74) is 2.92. The van der Waals surface area contributed by atoms with Gasteiger partial charge in [-0.25, -0.2) is 4.98 Å². The van der Waals surface area contributed by atoms with Crippen molar-refractivity contribution in [3.63, 3.8) is 0 Å². The molecule has 1 heterocycles. The second-order valence-electron chi connectivity index (χ2n) is 5.89. The molecule has 26 heavy (non-hydrogen) atoms. The molecule has 0 radical (unpaired) electrons. The average Bonchev–Trinajstić information content (AvgIpc) is 2.67. The first-order valence-corrected chi connectivity index (χ1v) is 8.73. The third-order valence-corrected chi connectivity index (χ3v) is 4.22. The van der Waals surface area contributed by atoms with Crippen molar-refractivity contribution in [1.29, 1.82) is 0 Å². The summed E-state index contributed by atoms with van der Waals surface area (Å²) in [6, 6.07) is 25.7. The van der Waals surface area contributed by atoms with Gasteiger partial charge in [-0.3, -0.25) is 0 Å². The lowest BCUT2D eigenvalue weighted by atomic mass is 10.2. The van der Waals surface area contributed by atoms with Crippen molar-refractivity contribution in [2.45, 2.75) is 6.54 Å². The molecule has 1 aromatic heterocycles. The van der Waals surface area contributed by atoms with Gasteiger partial charge in [-0.2, -0.15) is 4.98 Å². The molecule has 4 nitrogen and oxygen atoms in total. The first-order valence-electron chi connectivity index (χ1n) is 8.35. The molecule has 0 saturated heterocycles. The van der Waals surface area contributed by atoms with E-state index in [1.54, 1.807) is 0 Å². The maximum Gasteiger partial charge on any atom is 0.229 e. The monoisotopic (exact) mass is 360 g/mol. The number of aromatic nitrogens is 2. The molecule has 0 aliphatic heterocycles. The SMILES string of the molecule is Clc1cccc(Nc2nc(NCc3ccccc3)c3ccccc3n2)c1. The van der Waals surface area contributed by atoms with Crippen LogP contribution in [0.5, 0.6) is 0 Å². The van der Waals surface area contributed by atoms with Crippen LogP contribution in [0.2, 0.25) is 5.02 Å². The van der Waals surface area contributed by atoms with E-state index in [2.05, 4.69) is 32.7 Å². The number of nitrogens with one attached hydrogen (secondary N) is 2. The second-order valence-corrected chi connectivity index (χ2v) is 6.32. The first-order chi connectivity index (χ1) is 12.8. The van der Waals surface area contributed by atoms with Crippen LogP contribution in [-0.2, 0) is 6.54 Å². The summed E-state index contributed by atoms with van der Waals surface area (Å²) in [4.78, 5) is 9.28. The van der Waals surface area contributed by atoms with Crippen LogP contribution >= 0.6 is 11.6 Å². The summed E-state index contributed by atoms with van der Waals surface area (Å²) in [5, 5.41) is 8.30. The van der Waals surface area contributed by atoms with E-state index in [0.717, 1.165) is 22.4 Å². The van der Waals surface area contributed by atoms with Crippen molar-refractivity contribution in [1.82, 2.24) is 9.97 Å². The Labute approximate surface area is 156 Å². The minimum Gasteiger partial charge on any atom is -0.365 e. The fourth-order valence-corrected chi connectivity index (χ4v) is 2.93. The number of anilines is 3. The average molecular weight is 361 g/mol. The Morgan fingerprint density at radius 3 is 2.46 bits per heavy atom. The maximum absolute atomic E-state index is 6.06. The number of rotatable bonds is 5. The quantitative estimate of drug-likeness (QED) is 0.483. The van der Waals surface area contributed by atoms with Crippen molar-refractivity contribution < 1.29 is 0 Å². The molecule has 5 heteroatoms. The Morgan fingerprint density at radius 1 is 0.808 bits per heavy atom. The van der Waals surface area contributed by atoms with Gasteiger partial charge in [0.25, 0.3) is 0 Å². The van der Waals surface area contributed by atoms with Gasteiger partial charge in [0.15, 0.2) is 0 Å². The summed E-state index contributed by atoms with van der Waals surface area (Å²) >= 11 is 6.06. The molecular weight excluding hydrogens is 344 g/mol. The van der Waals surface area contributed by atoms with Crippen LogP contribution in [0.4, 0.5) is 17.5 Å². The lowest BCUT2D eigenvalue weighted by Gasteiger charge is -2.12. The van der Waals surface area contributed by atoms with Crippen molar-refractivity contribution >= 4 is 40.0 Å². The zero-order valence-corrected chi connectivity index (χ0v) is 14.7. The molecule has 0 atom stereocenters. The fraction of sp³-hybridized carbons (Fsp3) is 0.0476. The molecule has 0 aliphatic rings. The molecule has 0 amide bonds. The van der Waals surface area contributed by atoms with E-state index in [9.17, 15) is 0 Å². The molecule has 0 saturated carbocycles. The van der Waals surface area contributed by atoms with E-state index in [0.29, 0.717) is 17.5 Å².